The normalized spacial score (nSPS) is 10.0. The van der Waals surface area contributed by atoms with Crippen molar-refractivity contribution in [2.75, 3.05) is 13.7 Å². The molecule has 3 heteroatoms. The fourth-order valence-electron chi connectivity index (χ4n) is 1.79. The topological polar surface area (TPSA) is 35.5 Å². The Bertz CT molecular complexity index is 424. The maximum Gasteiger partial charge on any atom is 0.163 e. The average molecular weight is 262 g/mol. The van der Waals surface area contributed by atoms with E-state index < -0.39 is 0 Å². The van der Waals surface area contributed by atoms with Crippen molar-refractivity contribution in [1.29, 1.82) is 0 Å². The van der Waals surface area contributed by atoms with Crippen LogP contribution >= 0.6 is 0 Å². The summed E-state index contributed by atoms with van der Waals surface area (Å²) >= 11 is 0. The van der Waals surface area contributed by atoms with Crippen LogP contribution in [0.3, 0.4) is 0 Å². The molecule has 0 radical (unpaired) electrons. The van der Waals surface area contributed by atoms with Crippen molar-refractivity contribution in [3.63, 3.8) is 0 Å². The second-order valence-corrected chi connectivity index (χ2v) is 4.40. The van der Waals surface area contributed by atoms with E-state index in [2.05, 4.69) is 6.58 Å². The fraction of sp³-hybridized carbons (Fsp3) is 0.438. The molecule has 0 N–H and O–H groups in total. The van der Waals surface area contributed by atoms with Crippen LogP contribution in [0.1, 0.15) is 43.0 Å². The van der Waals surface area contributed by atoms with Gasteiger partial charge in [0, 0.05) is 6.07 Å². The van der Waals surface area contributed by atoms with Gasteiger partial charge in [0.2, 0.25) is 0 Å². The number of carbonyl (C=O) groups is 1. The molecule has 0 fully saturated rings. The molecule has 0 saturated carbocycles. The third-order valence-corrected chi connectivity index (χ3v) is 2.88. The van der Waals surface area contributed by atoms with Crippen molar-refractivity contribution in [1.82, 2.24) is 0 Å². The molecule has 1 aromatic carbocycles. The molecular weight excluding hydrogens is 240 g/mol. The van der Waals surface area contributed by atoms with Gasteiger partial charge in [0.05, 0.1) is 19.3 Å². The minimum absolute atomic E-state index is 0.00399. The van der Waals surface area contributed by atoms with E-state index in [4.69, 9.17) is 9.47 Å². The zero-order valence-corrected chi connectivity index (χ0v) is 11.8. The summed E-state index contributed by atoms with van der Waals surface area (Å²) in [4.78, 5) is 11.5. The lowest BCUT2D eigenvalue weighted by Gasteiger charge is -2.11. The van der Waals surface area contributed by atoms with Crippen molar-refractivity contribution < 1.29 is 14.3 Å². The lowest BCUT2D eigenvalue weighted by Crippen LogP contribution is -2.03. The summed E-state index contributed by atoms with van der Waals surface area (Å²) in [5, 5.41) is 0. The molecule has 1 rings (SSSR count). The van der Waals surface area contributed by atoms with Crippen LogP contribution in [0.15, 0.2) is 30.9 Å². The number of hydrogen-bond donors (Lipinski definition) is 0. The summed E-state index contributed by atoms with van der Waals surface area (Å²) in [5.74, 6) is 1.31. The molecule has 0 aromatic heterocycles. The Morgan fingerprint density at radius 3 is 2.74 bits per heavy atom. The zero-order chi connectivity index (χ0) is 14.1. The number of Topliss-reactive ketones (excluding diaryl/α,β-unsaturated/α-hetero) is 1. The van der Waals surface area contributed by atoms with E-state index in [1.807, 2.05) is 6.08 Å². The number of allylic oxidation sites excluding steroid dienone is 1. The van der Waals surface area contributed by atoms with E-state index in [9.17, 15) is 4.79 Å². The van der Waals surface area contributed by atoms with E-state index in [-0.39, 0.29) is 5.78 Å². The largest absolute Gasteiger partial charge is 0.497 e. The third kappa shape index (κ3) is 5.16. The predicted octanol–water partition coefficient (Wildman–Crippen LogP) is 4.02. The lowest BCUT2D eigenvalue weighted by molar-refractivity contribution is 0.101. The van der Waals surface area contributed by atoms with E-state index >= 15 is 0 Å². The first-order chi connectivity index (χ1) is 9.19. The first-order valence-corrected chi connectivity index (χ1v) is 6.61. The van der Waals surface area contributed by atoms with Crippen molar-refractivity contribution in [3.8, 4) is 11.5 Å². The van der Waals surface area contributed by atoms with Gasteiger partial charge in [-0.25, -0.2) is 0 Å². The molecule has 104 valence electrons. The van der Waals surface area contributed by atoms with Crippen molar-refractivity contribution in [2.24, 2.45) is 0 Å². The first kappa shape index (κ1) is 15.3. The van der Waals surface area contributed by atoms with Gasteiger partial charge in [-0.1, -0.05) is 6.08 Å². The number of rotatable bonds is 9. The van der Waals surface area contributed by atoms with E-state index in [0.29, 0.717) is 23.7 Å². The Morgan fingerprint density at radius 1 is 1.32 bits per heavy atom. The van der Waals surface area contributed by atoms with Gasteiger partial charge in [-0.3, -0.25) is 4.79 Å². The molecule has 0 saturated heterocycles. The summed E-state index contributed by atoms with van der Waals surface area (Å²) < 4.78 is 10.8. The molecule has 0 bridgehead atoms. The van der Waals surface area contributed by atoms with E-state index in [1.165, 1.54) is 0 Å². The monoisotopic (exact) mass is 262 g/mol. The van der Waals surface area contributed by atoms with Gasteiger partial charge in [0.15, 0.2) is 5.78 Å². The van der Waals surface area contributed by atoms with Crippen LogP contribution in [0.4, 0.5) is 0 Å². The second kappa shape index (κ2) is 8.35. The highest BCUT2D eigenvalue weighted by molar-refractivity contribution is 5.97. The van der Waals surface area contributed by atoms with Gasteiger partial charge in [0.1, 0.15) is 11.5 Å². The van der Waals surface area contributed by atoms with E-state index in [1.54, 1.807) is 32.2 Å². The van der Waals surface area contributed by atoms with Gasteiger partial charge < -0.3 is 9.47 Å². The molecule has 0 aliphatic carbocycles. The van der Waals surface area contributed by atoms with Crippen LogP contribution in [0.25, 0.3) is 0 Å². The van der Waals surface area contributed by atoms with Crippen LogP contribution in [-0.4, -0.2) is 19.5 Å². The fourth-order valence-corrected chi connectivity index (χ4v) is 1.79. The second-order valence-electron chi connectivity index (χ2n) is 4.40. The number of unbranched alkanes of at least 4 members (excludes halogenated alkanes) is 3. The molecule has 0 unspecified atom stereocenters. The number of carbonyl (C=O) groups excluding carboxylic acids is 1. The van der Waals surface area contributed by atoms with Crippen LogP contribution in [0.2, 0.25) is 0 Å². The van der Waals surface area contributed by atoms with Gasteiger partial charge >= 0.3 is 0 Å². The highest BCUT2D eigenvalue weighted by Crippen LogP contribution is 2.25. The average Bonchev–Trinajstić information content (AvgIpc) is 2.42. The minimum atomic E-state index is 0.00399. The van der Waals surface area contributed by atoms with Gasteiger partial charge in [-0.2, -0.15) is 0 Å². The maximum atomic E-state index is 11.5. The van der Waals surface area contributed by atoms with Gasteiger partial charge in [0.25, 0.3) is 0 Å². The Labute approximate surface area is 115 Å². The third-order valence-electron chi connectivity index (χ3n) is 2.88. The van der Waals surface area contributed by atoms with Gasteiger partial charge in [-0.05, 0) is 44.7 Å². The molecule has 0 spiro atoms. The highest BCUT2D eigenvalue weighted by atomic mass is 16.5. The number of hydrogen-bond acceptors (Lipinski definition) is 3. The SMILES string of the molecule is C=CCCCCCOc1cc(OC)ccc1C(C)=O. The Hall–Kier alpha value is -1.77. The maximum absolute atomic E-state index is 11.5. The molecule has 19 heavy (non-hydrogen) atoms. The van der Waals surface area contributed by atoms with Crippen LogP contribution in [0.5, 0.6) is 11.5 Å². The number of methoxy groups -OCH3 is 1. The summed E-state index contributed by atoms with van der Waals surface area (Å²) in [5.41, 5.74) is 0.604. The predicted molar refractivity (Wildman–Crippen MR) is 77.2 cm³/mol. The molecule has 0 atom stereocenters. The molecule has 0 aliphatic heterocycles. The van der Waals surface area contributed by atoms with Crippen LogP contribution in [-0.2, 0) is 0 Å². The lowest BCUT2D eigenvalue weighted by atomic mass is 10.1. The quantitative estimate of drug-likeness (QED) is 0.383. The summed E-state index contributed by atoms with van der Waals surface area (Å²) in [7, 11) is 1.60. The minimum Gasteiger partial charge on any atom is -0.497 e. The molecular formula is C16H22O3. The van der Waals surface area contributed by atoms with Crippen molar-refractivity contribution in [2.45, 2.75) is 32.6 Å². The summed E-state index contributed by atoms with van der Waals surface area (Å²) in [6.07, 6.45) is 6.17. The molecule has 3 nitrogen and oxygen atoms in total. The van der Waals surface area contributed by atoms with Crippen molar-refractivity contribution >= 4 is 5.78 Å². The first-order valence-electron chi connectivity index (χ1n) is 6.61. The van der Waals surface area contributed by atoms with Crippen molar-refractivity contribution in [3.05, 3.63) is 36.4 Å². The van der Waals surface area contributed by atoms with Crippen LogP contribution in [0, 0.1) is 0 Å². The smallest absolute Gasteiger partial charge is 0.163 e. The van der Waals surface area contributed by atoms with E-state index in [0.717, 1.165) is 25.7 Å². The standard InChI is InChI=1S/C16H22O3/c1-4-5-6-7-8-11-19-16-12-14(18-3)9-10-15(16)13(2)17/h4,9-10,12H,1,5-8,11H2,2-3H3. The number of benzene rings is 1. The molecule has 1 aromatic rings. The zero-order valence-electron chi connectivity index (χ0n) is 11.8. The summed E-state index contributed by atoms with van der Waals surface area (Å²) in [6, 6.07) is 5.28. The molecule has 0 amide bonds. The Kier molecular flexibility index (Phi) is 6.72. The Balaban J connectivity index is 2.55. The summed E-state index contributed by atoms with van der Waals surface area (Å²) in [6.45, 7) is 5.85. The van der Waals surface area contributed by atoms with Gasteiger partial charge in [-0.15, -0.1) is 6.58 Å². The molecule has 0 aliphatic rings. The Morgan fingerprint density at radius 2 is 2.11 bits per heavy atom. The number of ether oxygens (including phenoxy) is 2. The molecule has 0 heterocycles. The van der Waals surface area contributed by atoms with Crippen LogP contribution < -0.4 is 9.47 Å². The highest BCUT2D eigenvalue weighted by Gasteiger charge is 2.09. The number of ketones is 1.